The van der Waals surface area contributed by atoms with Crippen LogP contribution in [-0.4, -0.2) is 44.0 Å². The van der Waals surface area contributed by atoms with E-state index in [-0.39, 0.29) is 4.90 Å². The van der Waals surface area contributed by atoms with Crippen LogP contribution in [0.2, 0.25) is 0 Å². The van der Waals surface area contributed by atoms with Crippen molar-refractivity contribution in [2.24, 2.45) is 0 Å². The fourth-order valence-corrected chi connectivity index (χ4v) is 5.66. The van der Waals surface area contributed by atoms with Gasteiger partial charge in [0.05, 0.1) is 16.3 Å². The van der Waals surface area contributed by atoms with Crippen LogP contribution in [0.1, 0.15) is 37.8 Å². The van der Waals surface area contributed by atoms with Gasteiger partial charge >= 0.3 is 0 Å². The second kappa shape index (κ2) is 9.97. The molecule has 1 fully saturated rings. The Morgan fingerprint density at radius 2 is 1.65 bits per heavy atom. The number of aryl methyl sites for hydroxylation is 2. The Kier molecular flexibility index (Phi) is 7.56. The van der Waals surface area contributed by atoms with E-state index in [1.54, 1.807) is 12.1 Å². The van der Waals surface area contributed by atoms with Crippen molar-refractivity contribution >= 4 is 44.4 Å². The third-order valence-electron chi connectivity index (χ3n) is 5.64. The number of anilines is 3. The topological polar surface area (TPSA) is 64.7 Å². The van der Waals surface area contributed by atoms with Crippen molar-refractivity contribution in [1.82, 2.24) is 4.31 Å². The summed E-state index contributed by atoms with van der Waals surface area (Å²) in [7, 11) is -3.56. The van der Waals surface area contributed by atoms with Crippen LogP contribution >= 0.6 is 12.2 Å². The van der Waals surface area contributed by atoms with Crippen LogP contribution in [0.15, 0.2) is 41.3 Å². The summed E-state index contributed by atoms with van der Waals surface area (Å²) < 4.78 is 27.6. The number of nitrogens with zero attached hydrogens (tertiary/aromatic N) is 2. The van der Waals surface area contributed by atoms with Crippen molar-refractivity contribution in [3.63, 3.8) is 0 Å². The minimum Gasteiger partial charge on any atom is -0.370 e. The van der Waals surface area contributed by atoms with E-state index in [2.05, 4.69) is 28.5 Å². The second-order valence-corrected chi connectivity index (χ2v) is 10.2. The lowest BCUT2D eigenvalue weighted by Crippen LogP contribution is -2.31. The lowest BCUT2D eigenvalue weighted by Gasteiger charge is -2.25. The lowest BCUT2D eigenvalue weighted by atomic mass is 10.1. The van der Waals surface area contributed by atoms with E-state index >= 15 is 0 Å². The maximum atomic E-state index is 13.1. The smallest absolute Gasteiger partial charge is 0.243 e. The molecule has 1 saturated heterocycles. The molecule has 1 heterocycles. The molecule has 1 aliphatic heterocycles. The number of thiocarbonyl (C=S) groups is 1. The quantitative estimate of drug-likeness (QED) is 0.582. The summed E-state index contributed by atoms with van der Waals surface area (Å²) in [6, 6.07) is 11.4. The molecular formula is C23H32N4O2S2. The van der Waals surface area contributed by atoms with Crippen molar-refractivity contribution in [3.8, 4) is 0 Å². The zero-order valence-corrected chi connectivity index (χ0v) is 20.4. The Bertz CT molecular complexity index is 1040. The van der Waals surface area contributed by atoms with Crippen LogP contribution in [0.4, 0.5) is 17.1 Å². The Morgan fingerprint density at radius 1 is 1.00 bits per heavy atom. The highest BCUT2D eigenvalue weighted by atomic mass is 32.2. The van der Waals surface area contributed by atoms with Gasteiger partial charge in [-0.2, -0.15) is 4.31 Å². The summed E-state index contributed by atoms with van der Waals surface area (Å²) in [5.41, 5.74) is 4.89. The average molecular weight is 461 g/mol. The first-order valence-corrected chi connectivity index (χ1v) is 12.7. The maximum Gasteiger partial charge on any atom is 0.243 e. The van der Waals surface area contributed by atoms with Crippen molar-refractivity contribution in [2.45, 2.75) is 45.4 Å². The zero-order chi connectivity index (χ0) is 22.6. The lowest BCUT2D eigenvalue weighted by molar-refractivity contribution is 0.445. The molecule has 2 aromatic rings. The van der Waals surface area contributed by atoms with Gasteiger partial charge in [-0.05, 0) is 68.7 Å². The van der Waals surface area contributed by atoms with Gasteiger partial charge in [0.15, 0.2) is 5.11 Å². The van der Waals surface area contributed by atoms with Gasteiger partial charge in [-0.15, -0.1) is 0 Å². The van der Waals surface area contributed by atoms with Gasteiger partial charge < -0.3 is 15.5 Å². The van der Waals surface area contributed by atoms with E-state index in [0.29, 0.717) is 23.9 Å². The van der Waals surface area contributed by atoms with Gasteiger partial charge in [0.2, 0.25) is 10.0 Å². The molecule has 6 nitrogen and oxygen atoms in total. The van der Waals surface area contributed by atoms with Gasteiger partial charge in [-0.25, -0.2) is 8.42 Å². The van der Waals surface area contributed by atoms with Crippen molar-refractivity contribution < 1.29 is 8.42 Å². The summed E-state index contributed by atoms with van der Waals surface area (Å²) in [6.07, 6.45) is 2.26. The molecule has 8 heteroatoms. The highest BCUT2D eigenvalue weighted by Crippen LogP contribution is 2.32. The van der Waals surface area contributed by atoms with Gasteiger partial charge in [0, 0.05) is 31.9 Å². The van der Waals surface area contributed by atoms with Crippen LogP contribution in [0, 0.1) is 13.8 Å². The standard InChI is InChI=1S/C23H32N4O2S2/c1-5-27(6-2)31(28,29)19-10-12-22(26-13-7-8-14-26)21(16-19)25-23(30)24-20-11-9-17(3)15-18(20)4/h9-12,15-16H,5-8,13-14H2,1-4H3,(H2,24,25,30). The Balaban J connectivity index is 1.92. The number of nitrogens with one attached hydrogen (secondary N) is 2. The second-order valence-electron chi connectivity index (χ2n) is 7.86. The van der Waals surface area contributed by atoms with E-state index in [1.165, 1.54) is 9.87 Å². The number of hydrogen-bond acceptors (Lipinski definition) is 4. The summed E-state index contributed by atoms with van der Waals surface area (Å²) in [4.78, 5) is 2.55. The van der Waals surface area contributed by atoms with E-state index in [9.17, 15) is 8.42 Å². The third kappa shape index (κ3) is 5.37. The molecule has 168 valence electrons. The van der Waals surface area contributed by atoms with Crippen LogP contribution in [-0.2, 0) is 10.0 Å². The van der Waals surface area contributed by atoms with Crippen LogP contribution < -0.4 is 15.5 Å². The molecule has 0 aromatic heterocycles. The summed E-state index contributed by atoms with van der Waals surface area (Å²) in [5, 5.41) is 6.94. The maximum absolute atomic E-state index is 13.1. The molecule has 0 aliphatic carbocycles. The molecule has 3 rings (SSSR count). The zero-order valence-electron chi connectivity index (χ0n) is 18.7. The predicted molar refractivity (Wildman–Crippen MR) is 134 cm³/mol. The molecule has 31 heavy (non-hydrogen) atoms. The van der Waals surface area contributed by atoms with Crippen molar-refractivity contribution in [1.29, 1.82) is 0 Å². The molecule has 0 bridgehead atoms. The molecule has 0 radical (unpaired) electrons. The van der Waals surface area contributed by atoms with Crippen molar-refractivity contribution in [2.75, 3.05) is 41.7 Å². The molecule has 0 spiro atoms. The van der Waals surface area contributed by atoms with E-state index in [4.69, 9.17) is 12.2 Å². The van der Waals surface area contributed by atoms with Gasteiger partial charge in [-0.3, -0.25) is 0 Å². The first-order chi connectivity index (χ1) is 14.8. The molecule has 2 N–H and O–H groups in total. The molecule has 0 unspecified atom stereocenters. The minimum atomic E-state index is -3.56. The Labute approximate surface area is 191 Å². The van der Waals surface area contributed by atoms with Gasteiger partial charge in [0.25, 0.3) is 0 Å². The van der Waals surface area contributed by atoms with E-state index < -0.39 is 10.0 Å². The first-order valence-electron chi connectivity index (χ1n) is 10.8. The summed E-state index contributed by atoms with van der Waals surface area (Å²) in [5.74, 6) is 0. The molecule has 0 amide bonds. The number of rotatable bonds is 7. The predicted octanol–water partition coefficient (Wildman–Crippen LogP) is 4.74. The highest BCUT2D eigenvalue weighted by Gasteiger charge is 2.24. The normalized spacial score (nSPS) is 14.2. The minimum absolute atomic E-state index is 0.274. The first kappa shape index (κ1) is 23.5. The number of sulfonamides is 1. The van der Waals surface area contributed by atoms with E-state index in [0.717, 1.165) is 42.9 Å². The van der Waals surface area contributed by atoms with Crippen LogP contribution in [0.25, 0.3) is 0 Å². The SMILES string of the molecule is CCN(CC)S(=O)(=O)c1ccc(N2CCCC2)c(NC(=S)Nc2ccc(C)cc2C)c1. The van der Waals surface area contributed by atoms with E-state index in [1.807, 2.05) is 39.0 Å². The third-order valence-corrected chi connectivity index (χ3v) is 7.89. The fourth-order valence-electron chi connectivity index (χ4n) is 3.95. The highest BCUT2D eigenvalue weighted by molar-refractivity contribution is 7.89. The summed E-state index contributed by atoms with van der Waals surface area (Å²) in [6.45, 7) is 10.6. The Hall–Kier alpha value is -2.16. The van der Waals surface area contributed by atoms with Crippen molar-refractivity contribution in [3.05, 3.63) is 47.5 Å². The molecule has 0 atom stereocenters. The van der Waals surface area contributed by atoms with Crippen LogP contribution in [0.5, 0.6) is 0 Å². The molecular weight excluding hydrogens is 428 g/mol. The van der Waals surface area contributed by atoms with Gasteiger partial charge in [0.1, 0.15) is 0 Å². The number of benzene rings is 2. The van der Waals surface area contributed by atoms with Crippen LogP contribution in [0.3, 0.4) is 0 Å². The largest absolute Gasteiger partial charge is 0.370 e. The summed E-state index contributed by atoms with van der Waals surface area (Å²) >= 11 is 5.58. The fraction of sp³-hybridized carbons (Fsp3) is 0.435. The van der Waals surface area contributed by atoms with Gasteiger partial charge in [-0.1, -0.05) is 31.5 Å². The Morgan fingerprint density at radius 3 is 2.26 bits per heavy atom. The molecule has 0 saturated carbocycles. The molecule has 1 aliphatic rings. The average Bonchev–Trinajstić information content (AvgIpc) is 3.25. The molecule has 2 aromatic carbocycles. The number of hydrogen-bond donors (Lipinski definition) is 2. The monoisotopic (exact) mass is 460 g/mol.